The van der Waals surface area contributed by atoms with E-state index in [1.165, 1.54) is 0 Å². The lowest BCUT2D eigenvalue weighted by molar-refractivity contribution is 0.142. The largest absolute Gasteiger partial charge is 0.382 e. The van der Waals surface area contributed by atoms with Gasteiger partial charge in [0.1, 0.15) is 5.82 Å². The van der Waals surface area contributed by atoms with Gasteiger partial charge in [-0.2, -0.15) is 0 Å². The van der Waals surface area contributed by atoms with Crippen molar-refractivity contribution in [3.05, 3.63) is 35.7 Å². The Hall–Kier alpha value is -1.95. The van der Waals surface area contributed by atoms with Gasteiger partial charge < -0.3 is 14.6 Å². The van der Waals surface area contributed by atoms with Crippen LogP contribution in [0.5, 0.6) is 0 Å². The number of aryl methyl sites for hydroxylation is 3. The standard InChI is InChI=1S/C15H23N5O/c1-4-21-9-5-8-20-11-12(2)18-15(20)17-10-14-6-7-16-13(3)19-14/h6-7,11H,4-5,8-10H2,1-3H3,(H,17,18). The van der Waals surface area contributed by atoms with Crippen LogP contribution in [0.2, 0.25) is 0 Å². The van der Waals surface area contributed by atoms with Crippen LogP contribution in [0.4, 0.5) is 5.95 Å². The Labute approximate surface area is 125 Å². The molecule has 0 saturated carbocycles. The Morgan fingerprint density at radius 2 is 2.14 bits per heavy atom. The molecule has 0 aliphatic heterocycles. The Morgan fingerprint density at radius 1 is 1.29 bits per heavy atom. The SMILES string of the molecule is CCOCCCn1cc(C)nc1NCc1ccnc(C)n1. The average molecular weight is 289 g/mol. The van der Waals surface area contributed by atoms with Gasteiger partial charge in [0.25, 0.3) is 0 Å². The Kier molecular flexibility index (Phi) is 5.68. The minimum atomic E-state index is 0.644. The van der Waals surface area contributed by atoms with E-state index in [4.69, 9.17) is 4.74 Å². The van der Waals surface area contributed by atoms with Gasteiger partial charge in [-0.15, -0.1) is 0 Å². The van der Waals surface area contributed by atoms with E-state index in [0.29, 0.717) is 6.54 Å². The van der Waals surface area contributed by atoms with Gasteiger partial charge in [-0.3, -0.25) is 0 Å². The number of hydrogen-bond acceptors (Lipinski definition) is 5. The summed E-state index contributed by atoms with van der Waals surface area (Å²) in [6, 6.07) is 1.91. The third-order valence-corrected chi connectivity index (χ3v) is 3.05. The van der Waals surface area contributed by atoms with E-state index in [9.17, 15) is 0 Å². The van der Waals surface area contributed by atoms with Crippen molar-refractivity contribution >= 4 is 5.95 Å². The van der Waals surface area contributed by atoms with Crippen molar-refractivity contribution < 1.29 is 4.74 Å². The van der Waals surface area contributed by atoms with Crippen LogP contribution in [0.15, 0.2) is 18.5 Å². The summed E-state index contributed by atoms with van der Waals surface area (Å²) in [4.78, 5) is 13.0. The van der Waals surface area contributed by atoms with Gasteiger partial charge in [0.15, 0.2) is 0 Å². The predicted octanol–water partition coefficient (Wildman–Crippen LogP) is 2.33. The zero-order valence-electron chi connectivity index (χ0n) is 13.0. The highest BCUT2D eigenvalue weighted by molar-refractivity contribution is 5.29. The number of aromatic nitrogens is 4. The van der Waals surface area contributed by atoms with Crippen LogP contribution in [0.3, 0.4) is 0 Å². The fourth-order valence-electron chi connectivity index (χ4n) is 2.11. The Morgan fingerprint density at radius 3 is 2.90 bits per heavy atom. The van der Waals surface area contributed by atoms with Crippen molar-refractivity contribution in [2.24, 2.45) is 0 Å². The lowest BCUT2D eigenvalue weighted by Crippen LogP contribution is -2.10. The first kappa shape index (κ1) is 15.4. The molecule has 0 saturated heterocycles. The topological polar surface area (TPSA) is 64.9 Å². The molecule has 6 nitrogen and oxygen atoms in total. The Balaban J connectivity index is 1.93. The van der Waals surface area contributed by atoms with Crippen molar-refractivity contribution in [2.75, 3.05) is 18.5 Å². The summed E-state index contributed by atoms with van der Waals surface area (Å²) in [6.07, 6.45) is 4.81. The maximum absolute atomic E-state index is 5.37. The van der Waals surface area contributed by atoms with Crippen LogP contribution in [-0.4, -0.2) is 32.7 Å². The molecule has 0 aliphatic carbocycles. The highest BCUT2D eigenvalue weighted by atomic mass is 16.5. The van der Waals surface area contributed by atoms with Gasteiger partial charge in [0.05, 0.1) is 17.9 Å². The van der Waals surface area contributed by atoms with Gasteiger partial charge in [-0.1, -0.05) is 0 Å². The molecule has 0 aliphatic rings. The second-order valence-corrected chi connectivity index (χ2v) is 4.90. The highest BCUT2D eigenvalue weighted by Gasteiger charge is 2.06. The van der Waals surface area contributed by atoms with Gasteiger partial charge >= 0.3 is 0 Å². The number of nitrogens with zero attached hydrogens (tertiary/aromatic N) is 4. The van der Waals surface area contributed by atoms with Crippen LogP contribution in [-0.2, 0) is 17.8 Å². The molecular weight excluding hydrogens is 266 g/mol. The molecule has 0 atom stereocenters. The summed E-state index contributed by atoms with van der Waals surface area (Å²) in [7, 11) is 0. The molecule has 0 spiro atoms. The van der Waals surface area contributed by atoms with E-state index < -0.39 is 0 Å². The van der Waals surface area contributed by atoms with E-state index in [1.807, 2.05) is 26.8 Å². The van der Waals surface area contributed by atoms with Crippen LogP contribution in [0.25, 0.3) is 0 Å². The summed E-state index contributed by atoms with van der Waals surface area (Å²) in [5.74, 6) is 1.66. The van der Waals surface area contributed by atoms with Crippen LogP contribution in [0, 0.1) is 13.8 Å². The first-order valence-electron chi connectivity index (χ1n) is 7.33. The normalized spacial score (nSPS) is 10.8. The smallest absolute Gasteiger partial charge is 0.203 e. The maximum Gasteiger partial charge on any atom is 0.203 e. The molecule has 0 amide bonds. The minimum Gasteiger partial charge on any atom is -0.382 e. The van der Waals surface area contributed by atoms with E-state index in [2.05, 4.69) is 31.0 Å². The second-order valence-electron chi connectivity index (χ2n) is 4.90. The molecule has 0 unspecified atom stereocenters. The van der Waals surface area contributed by atoms with E-state index in [-0.39, 0.29) is 0 Å². The van der Waals surface area contributed by atoms with Crippen LogP contribution in [0.1, 0.15) is 30.6 Å². The molecule has 6 heteroatoms. The van der Waals surface area contributed by atoms with E-state index >= 15 is 0 Å². The summed E-state index contributed by atoms with van der Waals surface area (Å²) >= 11 is 0. The minimum absolute atomic E-state index is 0.644. The highest BCUT2D eigenvalue weighted by Crippen LogP contribution is 2.10. The molecule has 2 rings (SSSR count). The third kappa shape index (κ3) is 4.82. The summed E-state index contributed by atoms with van der Waals surface area (Å²) < 4.78 is 7.50. The molecule has 0 radical (unpaired) electrons. The number of hydrogen-bond donors (Lipinski definition) is 1. The lowest BCUT2D eigenvalue weighted by atomic mass is 10.4. The molecule has 2 aromatic rings. The molecule has 0 fully saturated rings. The summed E-state index contributed by atoms with van der Waals surface area (Å²) in [5.41, 5.74) is 1.97. The van der Waals surface area contributed by atoms with Crippen LogP contribution >= 0.6 is 0 Å². The van der Waals surface area contributed by atoms with Gasteiger partial charge in [-0.25, -0.2) is 15.0 Å². The van der Waals surface area contributed by atoms with Crippen molar-refractivity contribution in [1.82, 2.24) is 19.5 Å². The molecule has 0 aromatic carbocycles. The molecule has 2 aromatic heterocycles. The lowest BCUT2D eigenvalue weighted by Gasteiger charge is -2.09. The second kappa shape index (κ2) is 7.73. The molecule has 2 heterocycles. The van der Waals surface area contributed by atoms with Gasteiger partial charge in [0.2, 0.25) is 5.95 Å². The number of ether oxygens (including phenoxy) is 1. The predicted molar refractivity (Wildman–Crippen MR) is 82.2 cm³/mol. The summed E-state index contributed by atoms with van der Waals surface area (Å²) in [5, 5.41) is 3.34. The van der Waals surface area contributed by atoms with Gasteiger partial charge in [-0.05, 0) is 33.3 Å². The first-order chi connectivity index (χ1) is 10.2. The van der Waals surface area contributed by atoms with E-state index in [0.717, 1.165) is 49.3 Å². The summed E-state index contributed by atoms with van der Waals surface area (Å²) in [6.45, 7) is 8.98. The number of anilines is 1. The van der Waals surface area contributed by atoms with Crippen molar-refractivity contribution in [3.8, 4) is 0 Å². The number of nitrogens with one attached hydrogen (secondary N) is 1. The zero-order valence-corrected chi connectivity index (χ0v) is 13.0. The maximum atomic E-state index is 5.37. The van der Waals surface area contributed by atoms with Crippen LogP contribution < -0.4 is 5.32 Å². The molecule has 114 valence electrons. The Bertz CT molecular complexity index is 567. The van der Waals surface area contributed by atoms with E-state index in [1.54, 1.807) is 6.20 Å². The number of imidazole rings is 1. The molecule has 1 N–H and O–H groups in total. The number of rotatable bonds is 8. The van der Waals surface area contributed by atoms with Gasteiger partial charge in [0, 0.05) is 32.2 Å². The molecular formula is C15H23N5O. The molecule has 21 heavy (non-hydrogen) atoms. The zero-order chi connectivity index (χ0) is 15.1. The third-order valence-electron chi connectivity index (χ3n) is 3.05. The quantitative estimate of drug-likeness (QED) is 0.756. The average Bonchev–Trinajstić information content (AvgIpc) is 2.82. The van der Waals surface area contributed by atoms with Crippen molar-refractivity contribution in [3.63, 3.8) is 0 Å². The first-order valence-corrected chi connectivity index (χ1v) is 7.33. The fourth-order valence-corrected chi connectivity index (χ4v) is 2.11. The van der Waals surface area contributed by atoms with Crippen molar-refractivity contribution in [1.29, 1.82) is 0 Å². The monoisotopic (exact) mass is 289 g/mol. The fraction of sp³-hybridized carbons (Fsp3) is 0.533. The molecule has 0 bridgehead atoms. The van der Waals surface area contributed by atoms with Crippen molar-refractivity contribution in [2.45, 2.75) is 40.3 Å².